The minimum absolute atomic E-state index is 0. The van der Waals surface area contributed by atoms with E-state index in [0.29, 0.717) is 30.2 Å². The summed E-state index contributed by atoms with van der Waals surface area (Å²) in [6, 6.07) is 5.14. The molecule has 1 amide bonds. The van der Waals surface area contributed by atoms with Gasteiger partial charge in [-0.2, -0.15) is 0 Å². The molecule has 26 heavy (non-hydrogen) atoms. The molecule has 1 aromatic carbocycles. The predicted octanol–water partition coefficient (Wildman–Crippen LogP) is 2.67. The van der Waals surface area contributed by atoms with Crippen molar-refractivity contribution in [2.75, 3.05) is 27.3 Å². The molecule has 1 aromatic rings. The Morgan fingerprint density at radius 2 is 1.85 bits per heavy atom. The van der Waals surface area contributed by atoms with Crippen molar-refractivity contribution in [3.05, 3.63) is 23.8 Å². The molecular formula is C19H29ClN2O4. The zero-order valence-corrected chi connectivity index (χ0v) is 16.7. The number of ketones is 1. The number of nitrogens with two attached hydrogens (primary N) is 1. The highest BCUT2D eigenvalue weighted by atomic mass is 35.5. The molecule has 1 atom stereocenters. The van der Waals surface area contributed by atoms with Crippen LogP contribution in [0.25, 0.3) is 0 Å². The van der Waals surface area contributed by atoms with Crippen LogP contribution in [-0.4, -0.2) is 49.9 Å². The molecule has 2 N–H and O–H groups in total. The lowest BCUT2D eigenvalue weighted by atomic mass is 9.79. The van der Waals surface area contributed by atoms with E-state index >= 15 is 0 Å². The van der Waals surface area contributed by atoms with Gasteiger partial charge in [-0.1, -0.05) is 13.8 Å². The van der Waals surface area contributed by atoms with Gasteiger partial charge in [0.1, 0.15) is 0 Å². The first-order valence-electron chi connectivity index (χ1n) is 8.57. The van der Waals surface area contributed by atoms with E-state index in [1.54, 1.807) is 25.3 Å². The van der Waals surface area contributed by atoms with Gasteiger partial charge in [0.2, 0.25) is 5.91 Å². The number of piperidine rings is 1. The second-order valence-corrected chi connectivity index (χ2v) is 7.19. The Morgan fingerprint density at radius 3 is 2.42 bits per heavy atom. The summed E-state index contributed by atoms with van der Waals surface area (Å²) >= 11 is 0. The molecule has 0 spiro atoms. The quantitative estimate of drug-likeness (QED) is 0.762. The maximum Gasteiger partial charge on any atom is 0.223 e. The van der Waals surface area contributed by atoms with Crippen LogP contribution < -0.4 is 15.2 Å². The number of methoxy groups -OCH3 is 2. The number of carbonyl (C=O) groups excluding carboxylic acids is 2. The van der Waals surface area contributed by atoms with E-state index in [4.69, 9.17) is 15.2 Å². The third-order valence-electron chi connectivity index (χ3n) is 4.94. The summed E-state index contributed by atoms with van der Waals surface area (Å²) < 4.78 is 10.4. The van der Waals surface area contributed by atoms with Gasteiger partial charge in [-0.15, -0.1) is 12.4 Å². The lowest BCUT2D eigenvalue weighted by Crippen LogP contribution is -2.54. The van der Waals surface area contributed by atoms with Crippen LogP contribution >= 0.6 is 12.4 Å². The minimum atomic E-state index is -0.0960. The summed E-state index contributed by atoms with van der Waals surface area (Å²) in [4.78, 5) is 26.7. The average molecular weight is 385 g/mol. The lowest BCUT2D eigenvalue weighted by Gasteiger charge is -2.42. The van der Waals surface area contributed by atoms with Crippen molar-refractivity contribution in [1.82, 2.24) is 4.90 Å². The number of hydrogen-bond donors (Lipinski definition) is 1. The molecule has 0 saturated carbocycles. The van der Waals surface area contributed by atoms with Crippen LogP contribution in [0.3, 0.4) is 0 Å². The maximum absolute atomic E-state index is 12.4. The Morgan fingerprint density at radius 1 is 1.19 bits per heavy atom. The molecule has 0 radical (unpaired) electrons. The summed E-state index contributed by atoms with van der Waals surface area (Å²) in [5, 5.41) is 0. The Kier molecular flexibility index (Phi) is 7.90. The Labute approximate surface area is 161 Å². The first-order chi connectivity index (χ1) is 11.8. The molecular weight excluding hydrogens is 356 g/mol. The molecule has 1 aliphatic rings. The third kappa shape index (κ3) is 5.11. The summed E-state index contributed by atoms with van der Waals surface area (Å²) in [5.74, 6) is 1.00. The van der Waals surface area contributed by atoms with Crippen LogP contribution in [0.4, 0.5) is 0 Å². The Bertz CT molecular complexity index is 648. The molecule has 1 saturated heterocycles. The van der Waals surface area contributed by atoms with Gasteiger partial charge in [0.05, 0.1) is 14.2 Å². The standard InChI is InChI=1S/C19H28N2O4.ClH/c1-19(2)12-21(10-9-17(19)20)18(23)8-6-14(22)13-5-7-15(24-3)16(11-13)25-4;/h5,7,11,17H,6,8-10,12,20H2,1-4H3;1H. The van der Waals surface area contributed by atoms with Crippen molar-refractivity contribution in [2.24, 2.45) is 11.1 Å². The van der Waals surface area contributed by atoms with Gasteiger partial charge in [-0.25, -0.2) is 0 Å². The van der Waals surface area contributed by atoms with Crippen molar-refractivity contribution in [3.8, 4) is 11.5 Å². The average Bonchev–Trinajstić information content (AvgIpc) is 2.60. The summed E-state index contributed by atoms with van der Waals surface area (Å²) in [5.41, 5.74) is 6.53. The third-order valence-corrected chi connectivity index (χ3v) is 4.94. The second-order valence-electron chi connectivity index (χ2n) is 7.19. The molecule has 0 bridgehead atoms. The number of Topliss-reactive ketones (excluding diaryl/α,β-unsaturated/α-hetero) is 1. The molecule has 1 fully saturated rings. The normalized spacial score (nSPS) is 18.7. The summed E-state index contributed by atoms with van der Waals surface area (Å²) in [7, 11) is 3.07. The van der Waals surface area contributed by atoms with Gasteiger partial charge >= 0.3 is 0 Å². The number of halogens is 1. The highest BCUT2D eigenvalue weighted by Crippen LogP contribution is 2.29. The molecule has 0 aromatic heterocycles. The number of ether oxygens (including phenoxy) is 2. The maximum atomic E-state index is 12.4. The topological polar surface area (TPSA) is 81.9 Å². The van der Waals surface area contributed by atoms with Crippen LogP contribution in [0, 0.1) is 5.41 Å². The fraction of sp³-hybridized carbons (Fsp3) is 0.579. The zero-order chi connectivity index (χ0) is 18.6. The van der Waals surface area contributed by atoms with Gasteiger partial charge < -0.3 is 20.1 Å². The van der Waals surface area contributed by atoms with E-state index < -0.39 is 0 Å². The van der Waals surface area contributed by atoms with E-state index in [1.165, 1.54) is 7.11 Å². The van der Waals surface area contributed by atoms with Crippen LogP contribution in [0.5, 0.6) is 11.5 Å². The molecule has 1 heterocycles. The van der Waals surface area contributed by atoms with Crippen molar-refractivity contribution >= 4 is 24.1 Å². The summed E-state index contributed by atoms with van der Waals surface area (Å²) in [6.45, 7) is 5.45. The Hall–Kier alpha value is -1.79. The lowest BCUT2D eigenvalue weighted by molar-refractivity contribution is -0.134. The zero-order valence-electron chi connectivity index (χ0n) is 15.9. The molecule has 1 aliphatic heterocycles. The van der Waals surface area contributed by atoms with E-state index in [-0.39, 0.29) is 48.4 Å². The van der Waals surface area contributed by atoms with E-state index in [9.17, 15) is 9.59 Å². The SMILES string of the molecule is COc1ccc(C(=O)CCC(=O)N2CCC(N)C(C)(C)C2)cc1OC.Cl. The smallest absolute Gasteiger partial charge is 0.223 e. The number of benzene rings is 1. The van der Waals surface area contributed by atoms with Crippen LogP contribution in [0.15, 0.2) is 18.2 Å². The van der Waals surface area contributed by atoms with Crippen LogP contribution in [0.1, 0.15) is 43.5 Å². The highest BCUT2D eigenvalue weighted by Gasteiger charge is 2.35. The van der Waals surface area contributed by atoms with Gasteiger partial charge in [-0.05, 0) is 30.0 Å². The van der Waals surface area contributed by atoms with E-state index in [0.717, 1.165) is 6.42 Å². The van der Waals surface area contributed by atoms with Crippen molar-refractivity contribution in [2.45, 2.75) is 39.2 Å². The Balaban J connectivity index is 0.00000338. The molecule has 6 nitrogen and oxygen atoms in total. The predicted molar refractivity (Wildman–Crippen MR) is 103 cm³/mol. The molecule has 2 rings (SSSR count). The van der Waals surface area contributed by atoms with E-state index in [2.05, 4.69) is 13.8 Å². The number of amides is 1. The fourth-order valence-electron chi connectivity index (χ4n) is 3.12. The van der Waals surface area contributed by atoms with Crippen molar-refractivity contribution < 1.29 is 19.1 Å². The first kappa shape index (κ1) is 22.3. The van der Waals surface area contributed by atoms with Gasteiger partial charge in [0.15, 0.2) is 17.3 Å². The van der Waals surface area contributed by atoms with Gasteiger partial charge in [0, 0.05) is 37.5 Å². The monoisotopic (exact) mass is 384 g/mol. The minimum Gasteiger partial charge on any atom is -0.493 e. The molecule has 0 aliphatic carbocycles. The van der Waals surface area contributed by atoms with E-state index in [1.807, 2.05) is 4.90 Å². The number of nitrogens with zero attached hydrogens (tertiary/aromatic N) is 1. The highest BCUT2D eigenvalue weighted by molar-refractivity contribution is 5.98. The van der Waals surface area contributed by atoms with Gasteiger partial charge in [0.25, 0.3) is 0 Å². The van der Waals surface area contributed by atoms with Crippen molar-refractivity contribution in [3.63, 3.8) is 0 Å². The molecule has 1 unspecified atom stereocenters. The number of rotatable bonds is 6. The van der Waals surface area contributed by atoms with Crippen molar-refractivity contribution in [1.29, 1.82) is 0 Å². The van der Waals surface area contributed by atoms with Crippen LogP contribution in [-0.2, 0) is 4.79 Å². The van der Waals surface area contributed by atoms with Gasteiger partial charge in [-0.3, -0.25) is 9.59 Å². The largest absolute Gasteiger partial charge is 0.493 e. The molecule has 7 heteroatoms. The summed E-state index contributed by atoms with van der Waals surface area (Å²) in [6.07, 6.45) is 1.18. The number of hydrogen-bond acceptors (Lipinski definition) is 5. The van der Waals surface area contributed by atoms with Crippen LogP contribution in [0.2, 0.25) is 0 Å². The first-order valence-corrected chi connectivity index (χ1v) is 8.57. The number of likely N-dealkylation sites (tertiary alicyclic amines) is 1. The molecule has 146 valence electrons. The second kappa shape index (κ2) is 9.24. The number of carbonyl (C=O) groups is 2. The fourth-order valence-corrected chi connectivity index (χ4v) is 3.12.